The molecule has 0 aromatic heterocycles. The van der Waals surface area contributed by atoms with E-state index in [1.54, 1.807) is 14.2 Å². The zero-order valence-corrected chi connectivity index (χ0v) is 16.5. The molecule has 0 saturated carbocycles. The molecule has 6 nitrogen and oxygen atoms in total. The van der Waals surface area contributed by atoms with Crippen LogP contribution in [0.3, 0.4) is 0 Å². The molecule has 0 N–H and O–H groups in total. The summed E-state index contributed by atoms with van der Waals surface area (Å²) in [5, 5.41) is 0. The maximum absolute atomic E-state index is 6.72. The van der Waals surface area contributed by atoms with Crippen LogP contribution in [0.15, 0.2) is 48.5 Å². The first-order chi connectivity index (χ1) is 13.5. The molecule has 3 heterocycles. The van der Waals surface area contributed by atoms with Crippen molar-refractivity contribution in [2.24, 2.45) is 0 Å². The van der Waals surface area contributed by atoms with Crippen LogP contribution < -0.4 is 9.47 Å². The van der Waals surface area contributed by atoms with Gasteiger partial charge in [-0.15, -0.1) is 0 Å². The molecule has 5 atom stereocenters. The van der Waals surface area contributed by atoms with E-state index in [2.05, 4.69) is 30.9 Å². The van der Waals surface area contributed by atoms with E-state index >= 15 is 0 Å². The third kappa shape index (κ3) is 2.35. The number of methoxy groups -OCH3 is 2. The van der Waals surface area contributed by atoms with Gasteiger partial charge in [0.05, 0.1) is 20.8 Å². The summed E-state index contributed by atoms with van der Waals surface area (Å²) < 4.78 is 30.2. The average Bonchev–Trinajstić information content (AvgIpc) is 3.36. The Balaban J connectivity index is 1.56. The molecular weight excluding hydrogens is 358 g/mol. The summed E-state index contributed by atoms with van der Waals surface area (Å²) in [7, 11) is 3.34. The third-order valence-electron chi connectivity index (χ3n) is 6.24. The predicted molar refractivity (Wildman–Crippen MR) is 102 cm³/mol. The second-order valence-corrected chi connectivity index (χ2v) is 7.85. The van der Waals surface area contributed by atoms with Gasteiger partial charge in [0.2, 0.25) is 0 Å². The summed E-state index contributed by atoms with van der Waals surface area (Å²) in [6.45, 7) is 4.68. The summed E-state index contributed by atoms with van der Waals surface area (Å²) in [5.41, 5.74) is 0.801. The molecular formula is C22H25NO5. The lowest BCUT2D eigenvalue weighted by molar-refractivity contribution is -0.138. The zero-order valence-electron chi connectivity index (χ0n) is 16.5. The minimum absolute atomic E-state index is 0.140. The van der Waals surface area contributed by atoms with Crippen molar-refractivity contribution < 1.29 is 23.7 Å². The first kappa shape index (κ1) is 17.9. The lowest BCUT2D eigenvalue weighted by Crippen LogP contribution is -2.40. The molecule has 3 fully saturated rings. The molecule has 0 aliphatic carbocycles. The van der Waals surface area contributed by atoms with Crippen LogP contribution in [0.1, 0.15) is 25.0 Å². The molecule has 148 valence electrons. The molecule has 3 aliphatic heterocycles. The van der Waals surface area contributed by atoms with E-state index in [0.717, 1.165) is 22.6 Å². The van der Waals surface area contributed by atoms with Gasteiger partial charge in [0, 0.05) is 0 Å². The molecule has 3 saturated heterocycles. The number of ether oxygens (including phenoxy) is 5. The van der Waals surface area contributed by atoms with Crippen LogP contribution in [0, 0.1) is 0 Å². The van der Waals surface area contributed by atoms with Gasteiger partial charge >= 0.3 is 0 Å². The maximum Gasteiger partial charge on any atom is 0.149 e. The van der Waals surface area contributed by atoms with Gasteiger partial charge in [0.25, 0.3) is 0 Å². The van der Waals surface area contributed by atoms with Crippen LogP contribution in [-0.2, 0) is 25.4 Å². The topological polar surface area (TPSA) is 49.4 Å². The van der Waals surface area contributed by atoms with Gasteiger partial charge in [0.1, 0.15) is 41.4 Å². The van der Waals surface area contributed by atoms with Crippen molar-refractivity contribution in [3.63, 3.8) is 0 Å². The summed E-state index contributed by atoms with van der Waals surface area (Å²) in [6.07, 6.45) is -0.631. The fourth-order valence-electron chi connectivity index (χ4n) is 4.68. The second kappa shape index (κ2) is 6.19. The number of hydrogen-bond donors (Lipinski definition) is 0. The van der Waals surface area contributed by atoms with Gasteiger partial charge in [-0.3, -0.25) is 0 Å². The summed E-state index contributed by atoms with van der Waals surface area (Å²) in [4.78, 5) is 2.22. The lowest BCUT2D eigenvalue weighted by Gasteiger charge is -2.33. The van der Waals surface area contributed by atoms with Crippen molar-refractivity contribution in [3.05, 3.63) is 59.7 Å². The zero-order chi connectivity index (χ0) is 19.5. The van der Waals surface area contributed by atoms with Gasteiger partial charge in [-0.25, -0.2) is 4.90 Å². The number of nitrogens with zero attached hydrogens (tertiary/aromatic N) is 1. The molecule has 28 heavy (non-hydrogen) atoms. The van der Waals surface area contributed by atoms with Crippen LogP contribution in [0.4, 0.5) is 0 Å². The van der Waals surface area contributed by atoms with Crippen molar-refractivity contribution in [2.75, 3.05) is 20.8 Å². The van der Waals surface area contributed by atoms with E-state index in [4.69, 9.17) is 23.7 Å². The van der Waals surface area contributed by atoms with E-state index in [0.29, 0.717) is 6.61 Å². The molecule has 2 aromatic rings. The van der Waals surface area contributed by atoms with Gasteiger partial charge in [0.15, 0.2) is 0 Å². The molecule has 2 aromatic carbocycles. The normalized spacial score (nSPS) is 36.5. The number of hydrogen-bond acceptors (Lipinski definition) is 6. The van der Waals surface area contributed by atoms with E-state index < -0.39 is 11.2 Å². The Morgan fingerprint density at radius 3 is 2.00 bits per heavy atom. The standard InChI is InChI=1S/C22H25NO5/c1-21(14-7-5-9-16(11-14)24-3)19-23-18(13-26-19)27-22(2,20(23)28-21)15-8-6-10-17(12-15)25-4/h5-12,18-20H,13H2,1-4H3/t18-,19-,20-,21-,22+/m0/s1. The van der Waals surface area contributed by atoms with Gasteiger partial charge < -0.3 is 23.7 Å². The van der Waals surface area contributed by atoms with Gasteiger partial charge in [-0.1, -0.05) is 24.3 Å². The SMILES string of the molecule is COc1cccc([C@]2(C)O[C@@H]3N4[C@H](CO[C@H]42)O[C@]3(C)c2cccc(OC)c2)c1. The smallest absolute Gasteiger partial charge is 0.149 e. The Morgan fingerprint density at radius 2 is 1.43 bits per heavy atom. The lowest BCUT2D eigenvalue weighted by atomic mass is 9.93. The molecule has 6 heteroatoms. The number of rotatable bonds is 4. The predicted octanol–water partition coefficient (Wildman–Crippen LogP) is 3.21. The van der Waals surface area contributed by atoms with Crippen molar-refractivity contribution in [3.8, 4) is 11.5 Å². The van der Waals surface area contributed by atoms with E-state index in [9.17, 15) is 0 Å². The van der Waals surface area contributed by atoms with Crippen LogP contribution in [-0.4, -0.2) is 44.4 Å². The minimum Gasteiger partial charge on any atom is -0.497 e. The Kier molecular flexibility index (Phi) is 3.97. The van der Waals surface area contributed by atoms with Crippen molar-refractivity contribution >= 4 is 0 Å². The monoisotopic (exact) mass is 383 g/mol. The first-order valence-electron chi connectivity index (χ1n) is 9.53. The summed E-state index contributed by atoms with van der Waals surface area (Å²) in [5.74, 6) is 1.60. The summed E-state index contributed by atoms with van der Waals surface area (Å²) >= 11 is 0. The average molecular weight is 383 g/mol. The molecule has 3 aliphatic rings. The fourth-order valence-corrected chi connectivity index (χ4v) is 4.68. The highest BCUT2D eigenvalue weighted by atomic mass is 16.7. The quantitative estimate of drug-likeness (QED) is 0.808. The van der Waals surface area contributed by atoms with E-state index in [1.165, 1.54) is 0 Å². The van der Waals surface area contributed by atoms with Crippen LogP contribution in [0.5, 0.6) is 11.5 Å². The van der Waals surface area contributed by atoms with Crippen molar-refractivity contribution in [1.29, 1.82) is 0 Å². The molecule has 0 amide bonds. The first-order valence-corrected chi connectivity index (χ1v) is 9.53. The highest BCUT2D eigenvalue weighted by Gasteiger charge is 2.68. The van der Waals surface area contributed by atoms with Crippen LogP contribution >= 0.6 is 0 Å². The molecule has 0 radical (unpaired) electrons. The molecule has 0 spiro atoms. The molecule has 0 bridgehead atoms. The van der Waals surface area contributed by atoms with Crippen molar-refractivity contribution in [2.45, 2.75) is 43.7 Å². The largest absolute Gasteiger partial charge is 0.497 e. The highest BCUT2D eigenvalue weighted by Crippen LogP contribution is 2.56. The Bertz CT molecular complexity index is 857. The fraction of sp³-hybridized carbons (Fsp3) is 0.455. The minimum atomic E-state index is -0.627. The molecule has 5 rings (SSSR count). The van der Waals surface area contributed by atoms with E-state index in [1.807, 2.05) is 36.4 Å². The third-order valence-corrected chi connectivity index (χ3v) is 6.24. The van der Waals surface area contributed by atoms with Gasteiger partial charge in [-0.05, 0) is 49.2 Å². The molecule has 0 unspecified atom stereocenters. The Morgan fingerprint density at radius 1 is 0.857 bits per heavy atom. The highest BCUT2D eigenvalue weighted by molar-refractivity contribution is 5.37. The van der Waals surface area contributed by atoms with E-state index in [-0.39, 0.29) is 18.7 Å². The number of benzene rings is 2. The van der Waals surface area contributed by atoms with Gasteiger partial charge in [-0.2, -0.15) is 0 Å². The second-order valence-electron chi connectivity index (χ2n) is 7.85. The van der Waals surface area contributed by atoms with Crippen LogP contribution in [0.2, 0.25) is 0 Å². The summed E-state index contributed by atoms with van der Waals surface area (Å²) in [6, 6.07) is 16.0. The maximum atomic E-state index is 6.72. The van der Waals surface area contributed by atoms with Crippen molar-refractivity contribution in [1.82, 2.24) is 4.90 Å². The van der Waals surface area contributed by atoms with Crippen LogP contribution in [0.25, 0.3) is 0 Å². The Hall–Kier alpha value is -2.12. The Labute approximate surface area is 164 Å².